The van der Waals surface area contributed by atoms with Crippen LogP contribution in [0.2, 0.25) is 0 Å². The van der Waals surface area contributed by atoms with Crippen LogP contribution >= 0.6 is 7.82 Å². The minimum Gasteiger partial charge on any atom is -0.507 e. The number of benzene rings is 1. The van der Waals surface area contributed by atoms with Gasteiger partial charge in [-0.3, -0.25) is 10.2 Å². The van der Waals surface area contributed by atoms with Gasteiger partial charge in [0, 0.05) is 0 Å². The van der Waals surface area contributed by atoms with E-state index in [0.717, 1.165) is 24.8 Å². The lowest BCUT2D eigenvalue weighted by Gasteiger charge is -2.07. The molecule has 0 aromatic heterocycles. The highest BCUT2D eigenvalue weighted by Crippen LogP contribution is 2.25. The fourth-order valence-corrected chi connectivity index (χ4v) is 2.68. The molecule has 0 saturated carbocycles. The lowest BCUT2D eigenvalue weighted by atomic mass is 10.0. The van der Waals surface area contributed by atoms with Crippen molar-refractivity contribution in [1.82, 2.24) is 5.43 Å². The number of aromatic hydroxyl groups is 1. The molecule has 0 aliphatic rings. The first-order valence-corrected chi connectivity index (χ1v) is 11.0. The summed E-state index contributed by atoms with van der Waals surface area (Å²) >= 11 is 0. The van der Waals surface area contributed by atoms with Crippen molar-refractivity contribution in [2.24, 2.45) is 5.84 Å². The molecule has 0 fully saturated rings. The number of carbonyl (C=O) groups excluding carboxylic acids is 1. The molecule has 0 saturated heterocycles. The molecule has 1 amide bonds. The summed E-state index contributed by atoms with van der Waals surface area (Å²) < 4.78 is 8.88. The van der Waals surface area contributed by atoms with Gasteiger partial charge >= 0.3 is 7.82 Å². The van der Waals surface area contributed by atoms with Crippen LogP contribution in [0.25, 0.3) is 0 Å². The van der Waals surface area contributed by atoms with Gasteiger partial charge in [0.25, 0.3) is 5.91 Å². The highest BCUT2D eigenvalue weighted by atomic mass is 31.2. The first-order valence-electron chi connectivity index (χ1n) is 9.41. The van der Waals surface area contributed by atoms with Crippen LogP contribution in [0.1, 0.15) is 73.7 Å². The van der Waals surface area contributed by atoms with Crippen LogP contribution in [0.5, 0.6) is 5.75 Å². The van der Waals surface area contributed by atoms with Crippen molar-refractivity contribution in [3.63, 3.8) is 0 Å². The highest BCUT2D eigenvalue weighted by Gasteiger charge is 2.10. The van der Waals surface area contributed by atoms with Crippen LogP contribution in [-0.4, -0.2) is 25.7 Å². The SMILES string of the molecule is C=CCCCCCCCCCCc1ccc(O)c(C(=O)NN)c1.O=P(O)(O)O. The maximum atomic E-state index is 11.5. The monoisotopic (exact) mass is 416 g/mol. The normalized spacial score (nSPS) is 10.7. The summed E-state index contributed by atoms with van der Waals surface area (Å²) in [7, 11) is -4.64. The summed E-state index contributed by atoms with van der Waals surface area (Å²) in [5, 5.41) is 9.66. The Morgan fingerprint density at radius 2 is 1.54 bits per heavy atom. The van der Waals surface area contributed by atoms with Gasteiger partial charge in [0.1, 0.15) is 5.75 Å². The maximum absolute atomic E-state index is 11.5. The molecule has 160 valence electrons. The van der Waals surface area contributed by atoms with Gasteiger partial charge in [-0.1, -0.05) is 50.7 Å². The minimum absolute atomic E-state index is 0.0341. The number of unbranched alkanes of at least 4 members (excludes halogenated alkanes) is 8. The Morgan fingerprint density at radius 1 is 1.04 bits per heavy atom. The zero-order valence-electron chi connectivity index (χ0n) is 16.2. The number of hydrogen-bond donors (Lipinski definition) is 6. The molecule has 0 atom stereocenters. The van der Waals surface area contributed by atoms with E-state index >= 15 is 0 Å². The van der Waals surface area contributed by atoms with Crippen LogP contribution in [0, 0.1) is 0 Å². The van der Waals surface area contributed by atoms with E-state index in [1.54, 1.807) is 12.1 Å². The number of phosphoric acid groups is 1. The molecule has 1 aromatic carbocycles. The molecule has 0 bridgehead atoms. The number of rotatable bonds is 12. The van der Waals surface area contributed by atoms with Crippen molar-refractivity contribution in [3.8, 4) is 5.75 Å². The van der Waals surface area contributed by atoms with Crippen LogP contribution < -0.4 is 11.3 Å². The summed E-state index contributed by atoms with van der Waals surface area (Å²) in [5.41, 5.74) is 3.35. The topological polar surface area (TPSA) is 153 Å². The van der Waals surface area contributed by atoms with E-state index in [-0.39, 0.29) is 11.3 Å². The zero-order chi connectivity index (χ0) is 21.4. The second-order valence-corrected chi connectivity index (χ2v) is 7.52. The molecule has 28 heavy (non-hydrogen) atoms. The van der Waals surface area contributed by atoms with Crippen molar-refractivity contribution in [2.75, 3.05) is 0 Å². The number of amides is 1. The van der Waals surface area contributed by atoms with Gasteiger partial charge in [0.05, 0.1) is 5.56 Å². The molecule has 1 aromatic rings. The Labute approximate surface area is 166 Å². The summed E-state index contributed by atoms with van der Waals surface area (Å²) in [5.74, 6) is 4.62. The van der Waals surface area contributed by atoms with Crippen LogP contribution in [0.4, 0.5) is 0 Å². The van der Waals surface area contributed by atoms with Gasteiger partial charge in [-0.05, 0) is 43.4 Å². The zero-order valence-corrected chi connectivity index (χ0v) is 17.1. The fraction of sp³-hybridized carbons (Fsp3) is 0.526. The maximum Gasteiger partial charge on any atom is 0.466 e. The predicted molar refractivity (Wildman–Crippen MR) is 109 cm³/mol. The molecule has 0 heterocycles. The highest BCUT2D eigenvalue weighted by molar-refractivity contribution is 7.45. The van der Waals surface area contributed by atoms with Gasteiger partial charge in [-0.2, -0.15) is 0 Å². The number of phenolic OH excluding ortho intramolecular Hbond substituents is 1. The number of hydrazine groups is 1. The Bertz CT molecular complexity index is 625. The molecule has 8 nitrogen and oxygen atoms in total. The number of allylic oxidation sites excluding steroid dienone is 1. The molecule has 0 aliphatic heterocycles. The van der Waals surface area contributed by atoms with Gasteiger partial charge in [-0.15, -0.1) is 6.58 Å². The van der Waals surface area contributed by atoms with Gasteiger partial charge < -0.3 is 19.8 Å². The second-order valence-electron chi connectivity index (χ2n) is 6.49. The average Bonchev–Trinajstić information content (AvgIpc) is 2.62. The summed E-state index contributed by atoms with van der Waals surface area (Å²) in [6, 6.07) is 5.14. The Morgan fingerprint density at radius 3 is 2.04 bits per heavy atom. The van der Waals surface area contributed by atoms with Gasteiger partial charge in [0.15, 0.2) is 0 Å². The summed E-state index contributed by atoms with van der Waals surface area (Å²) in [6.45, 7) is 3.74. The third kappa shape index (κ3) is 15.4. The Balaban J connectivity index is 0.00000129. The van der Waals surface area contributed by atoms with Crippen LogP contribution in [-0.2, 0) is 11.0 Å². The number of aryl methyl sites for hydroxylation is 1. The number of carbonyl (C=O) groups is 1. The Hall–Kier alpha value is -1.70. The largest absolute Gasteiger partial charge is 0.507 e. The number of nitrogen functional groups attached to an aromatic ring is 1. The average molecular weight is 416 g/mol. The molecule has 9 heteroatoms. The lowest BCUT2D eigenvalue weighted by molar-refractivity contribution is 0.0950. The van der Waals surface area contributed by atoms with E-state index in [0.29, 0.717) is 0 Å². The Kier molecular flexibility index (Phi) is 14.3. The number of nitrogens with one attached hydrogen (secondary N) is 1. The molecular formula is C19H33N2O6P. The van der Waals surface area contributed by atoms with Crippen molar-refractivity contribution in [2.45, 2.75) is 64.2 Å². The predicted octanol–water partition coefficient (Wildman–Crippen LogP) is 3.31. The van der Waals surface area contributed by atoms with Gasteiger partial charge in [0.2, 0.25) is 0 Å². The van der Waals surface area contributed by atoms with Crippen molar-refractivity contribution in [1.29, 1.82) is 0 Å². The minimum atomic E-state index is -4.64. The quantitative estimate of drug-likeness (QED) is 0.0763. The summed E-state index contributed by atoms with van der Waals surface area (Å²) in [6.07, 6.45) is 14.1. The number of hydrogen-bond acceptors (Lipinski definition) is 4. The lowest BCUT2D eigenvalue weighted by Crippen LogP contribution is -2.30. The first kappa shape index (κ1) is 26.3. The summed E-state index contributed by atoms with van der Waals surface area (Å²) in [4.78, 5) is 33.1. The van der Waals surface area contributed by atoms with Crippen molar-refractivity contribution in [3.05, 3.63) is 42.0 Å². The first-order chi connectivity index (χ1) is 13.2. The smallest absolute Gasteiger partial charge is 0.466 e. The van der Waals surface area contributed by atoms with Crippen molar-refractivity contribution >= 4 is 13.7 Å². The van der Waals surface area contributed by atoms with E-state index in [2.05, 4.69) is 12.0 Å². The van der Waals surface area contributed by atoms with Crippen LogP contribution in [0.3, 0.4) is 0 Å². The number of phenols is 1. The van der Waals surface area contributed by atoms with Crippen molar-refractivity contribution < 1.29 is 29.1 Å². The molecule has 0 unspecified atom stereocenters. The molecule has 1 rings (SSSR count). The van der Waals surface area contributed by atoms with Crippen LogP contribution in [0.15, 0.2) is 30.9 Å². The van der Waals surface area contributed by atoms with E-state index in [1.165, 1.54) is 44.9 Å². The molecule has 0 radical (unpaired) electrons. The second kappa shape index (κ2) is 15.2. The van der Waals surface area contributed by atoms with E-state index < -0.39 is 13.7 Å². The van der Waals surface area contributed by atoms with E-state index in [4.69, 9.17) is 25.1 Å². The third-order valence-corrected chi connectivity index (χ3v) is 4.06. The standard InChI is InChI=1S/C19H30N2O2.H3O4P/c1-2-3-4-5-6-7-8-9-10-11-12-16-13-14-18(22)17(15-16)19(23)21-20;1-5(2,3)4/h2,13-15,22H,1,3-12,20H2,(H,21,23);(H3,1,2,3,4). The fourth-order valence-electron chi connectivity index (χ4n) is 2.68. The third-order valence-electron chi connectivity index (χ3n) is 4.06. The van der Waals surface area contributed by atoms with E-state index in [9.17, 15) is 9.90 Å². The number of nitrogens with two attached hydrogens (primary N) is 1. The molecule has 7 N–H and O–H groups in total. The van der Waals surface area contributed by atoms with Gasteiger partial charge in [-0.25, -0.2) is 10.4 Å². The van der Waals surface area contributed by atoms with E-state index in [1.807, 2.05) is 12.1 Å². The molecular weight excluding hydrogens is 383 g/mol. The molecule has 0 aliphatic carbocycles. The molecule has 0 spiro atoms.